The third-order valence-electron chi connectivity index (χ3n) is 5.42. The molecule has 2 N–H and O–H groups in total. The molecule has 8 nitrogen and oxygen atoms in total. The minimum atomic E-state index is -3.24. The molecule has 0 radical (unpaired) electrons. The monoisotopic (exact) mass is 393 g/mol. The van der Waals surface area contributed by atoms with Gasteiger partial charge in [-0.2, -0.15) is 0 Å². The van der Waals surface area contributed by atoms with Crippen LogP contribution in [-0.4, -0.2) is 45.8 Å². The van der Waals surface area contributed by atoms with E-state index in [9.17, 15) is 28.2 Å². The number of carboxylic acid groups (broad SMARTS) is 1. The first-order valence-corrected chi connectivity index (χ1v) is 10.2. The number of para-hydroxylation sites is 1. The largest absolute Gasteiger partial charge is 0.506 e. The van der Waals surface area contributed by atoms with E-state index in [1.807, 2.05) is 0 Å². The van der Waals surface area contributed by atoms with Crippen LogP contribution < -0.4 is 10.3 Å². The Kier molecular flexibility index (Phi) is 3.78. The lowest BCUT2D eigenvalue weighted by atomic mass is 10.1. The molecule has 0 saturated heterocycles. The van der Waals surface area contributed by atoms with E-state index in [1.54, 1.807) is 12.1 Å². The molecule has 0 bridgehead atoms. The number of fused-ring (bicyclic) bond motifs is 1. The molecule has 1 aromatic carbocycles. The fourth-order valence-electron chi connectivity index (χ4n) is 3.47. The summed E-state index contributed by atoms with van der Waals surface area (Å²) in [5, 5.41) is 19.3. The van der Waals surface area contributed by atoms with E-state index < -0.39 is 37.4 Å². The second kappa shape index (κ2) is 5.72. The van der Waals surface area contributed by atoms with Crippen molar-refractivity contribution in [2.24, 2.45) is 7.05 Å². The van der Waals surface area contributed by atoms with E-state index in [-0.39, 0.29) is 28.5 Å². The molecule has 2 aliphatic carbocycles. The number of hydrogen-bond acceptors (Lipinski definition) is 6. The number of rotatable bonds is 6. The van der Waals surface area contributed by atoms with Crippen LogP contribution in [0.2, 0.25) is 0 Å². The first-order chi connectivity index (χ1) is 12.7. The fraction of sp³-hybridized carbons (Fsp3) is 0.444. The van der Waals surface area contributed by atoms with E-state index in [2.05, 4.69) is 0 Å². The molecule has 0 aliphatic heterocycles. The molecule has 27 heavy (non-hydrogen) atoms. The number of aromatic carboxylic acids is 1. The van der Waals surface area contributed by atoms with Gasteiger partial charge in [0.2, 0.25) is 0 Å². The van der Waals surface area contributed by atoms with E-state index in [0.29, 0.717) is 25.7 Å². The van der Waals surface area contributed by atoms with Crippen molar-refractivity contribution >= 4 is 26.7 Å². The lowest BCUT2D eigenvalue weighted by Crippen LogP contribution is -2.33. The average Bonchev–Trinajstić information content (AvgIpc) is 3.50. The van der Waals surface area contributed by atoms with Crippen LogP contribution in [-0.2, 0) is 16.9 Å². The maximum atomic E-state index is 12.6. The second-order valence-corrected chi connectivity index (χ2v) is 9.88. The van der Waals surface area contributed by atoms with Gasteiger partial charge in [-0.15, -0.1) is 0 Å². The molecule has 9 heteroatoms. The van der Waals surface area contributed by atoms with Crippen LogP contribution in [0.25, 0.3) is 10.9 Å². The molecule has 0 spiro atoms. The first-order valence-electron chi connectivity index (χ1n) is 8.64. The molecule has 0 unspecified atom stereocenters. The SMILES string of the molecule is Cn1c(=O)c(C(=O)O)c(O)c2cccc(OCC3(S(=O)(=O)C4CC4)CC3)c21. The molecular formula is C18H19NO7S. The van der Waals surface area contributed by atoms with Gasteiger partial charge in [-0.3, -0.25) is 4.79 Å². The standard InChI is InChI=1S/C18H19NO7S/c1-19-14-11(15(20)13(16(19)21)17(22)23)3-2-4-12(14)26-9-18(7-8-18)27(24,25)10-5-6-10/h2-4,10,20H,5-9H2,1H3,(H,22,23). The van der Waals surface area contributed by atoms with Gasteiger partial charge in [-0.05, 0) is 37.8 Å². The Morgan fingerprint density at radius 2 is 2.00 bits per heavy atom. The summed E-state index contributed by atoms with van der Waals surface area (Å²) < 4.78 is 31.3. The molecular weight excluding hydrogens is 374 g/mol. The summed E-state index contributed by atoms with van der Waals surface area (Å²) in [7, 11) is -1.86. The summed E-state index contributed by atoms with van der Waals surface area (Å²) in [5.74, 6) is -1.91. The average molecular weight is 393 g/mol. The number of hydrogen-bond donors (Lipinski definition) is 2. The molecule has 144 valence electrons. The van der Waals surface area contributed by atoms with Gasteiger partial charge in [0.05, 0.1) is 10.8 Å². The second-order valence-electron chi connectivity index (χ2n) is 7.26. The Morgan fingerprint density at radius 1 is 1.33 bits per heavy atom. The third kappa shape index (κ3) is 2.60. The molecule has 2 saturated carbocycles. The summed E-state index contributed by atoms with van der Waals surface area (Å²) in [4.78, 5) is 23.6. The Labute approximate surface area is 154 Å². The van der Waals surface area contributed by atoms with Crippen LogP contribution in [0.15, 0.2) is 23.0 Å². The Balaban J connectivity index is 1.75. The zero-order valence-electron chi connectivity index (χ0n) is 14.6. The number of aromatic hydroxyl groups is 1. The first kappa shape index (κ1) is 17.8. The molecule has 0 atom stereocenters. The number of carboxylic acids is 1. The minimum absolute atomic E-state index is 0.0272. The summed E-state index contributed by atoms with van der Waals surface area (Å²) in [5.41, 5.74) is -1.35. The topological polar surface area (TPSA) is 123 Å². The molecule has 2 fully saturated rings. The van der Waals surface area contributed by atoms with Crippen molar-refractivity contribution in [3.63, 3.8) is 0 Å². The van der Waals surface area contributed by atoms with Crippen LogP contribution in [0.1, 0.15) is 36.0 Å². The maximum Gasteiger partial charge on any atom is 0.345 e. The van der Waals surface area contributed by atoms with Gasteiger partial charge in [-0.25, -0.2) is 13.2 Å². The van der Waals surface area contributed by atoms with Gasteiger partial charge in [0.15, 0.2) is 15.4 Å². The third-order valence-corrected chi connectivity index (χ3v) is 8.51. The van der Waals surface area contributed by atoms with Gasteiger partial charge in [0.25, 0.3) is 5.56 Å². The lowest BCUT2D eigenvalue weighted by Gasteiger charge is -2.19. The van der Waals surface area contributed by atoms with Crippen molar-refractivity contribution < 1.29 is 28.2 Å². The normalized spacial score (nSPS) is 18.4. The van der Waals surface area contributed by atoms with Gasteiger partial charge >= 0.3 is 5.97 Å². The quantitative estimate of drug-likeness (QED) is 0.761. The van der Waals surface area contributed by atoms with Gasteiger partial charge in [-0.1, -0.05) is 6.07 Å². The van der Waals surface area contributed by atoms with Gasteiger partial charge < -0.3 is 19.5 Å². The van der Waals surface area contributed by atoms with Crippen molar-refractivity contribution in [2.45, 2.75) is 35.7 Å². The molecule has 4 rings (SSSR count). The van der Waals surface area contributed by atoms with E-state index in [0.717, 1.165) is 4.57 Å². The van der Waals surface area contributed by atoms with Crippen molar-refractivity contribution in [3.05, 3.63) is 34.1 Å². The van der Waals surface area contributed by atoms with E-state index >= 15 is 0 Å². The molecule has 0 amide bonds. The number of sulfone groups is 1. The number of ether oxygens (including phenoxy) is 1. The van der Waals surface area contributed by atoms with E-state index in [1.165, 1.54) is 13.1 Å². The maximum absolute atomic E-state index is 12.6. The molecule has 2 aromatic rings. The molecule has 1 heterocycles. The Morgan fingerprint density at radius 3 is 2.56 bits per heavy atom. The smallest absolute Gasteiger partial charge is 0.345 e. The van der Waals surface area contributed by atoms with Crippen molar-refractivity contribution in [1.82, 2.24) is 4.57 Å². The van der Waals surface area contributed by atoms with Gasteiger partial charge in [0.1, 0.15) is 22.9 Å². The van der Waals surface area contributed by atoms with Crippen molar-refractivity contribution in [2.75, 3.05) is 6.61 Å². The number of pyridine rings is 1. The van der Waals surface area contributed by atoms with Crippen LogP contribution in [0.3, 0.4) is 0 Å². The number of nitrogens with zero attached hydrogens (tertiary/aromatic N) is 1. The van der Waals surface area contributed by atoms with E-state index in [4.69, 9.17) is 4.74 Å². The molecule has 2 aliphatic rings. The Hall–Kier alpha value is -2.55. The molecule has 1 aromatic heterocycles. The summed E-state index contributed by atoms with van der Waals surface area (Å²) in [6, 6.07) is 4.61. The number of carbonyl (C=O) groups is 1. The van der Waals surface area contributed by atoms with Crippen LogP contribution in [0.4, 0.5) is 0 Å². The number of aromatic nitrogens is 1. The van der Waals surface area contributed by atoms with Crippen LogP contribution in [0.5, 0.6) is 11.5 Å². The summed E-state index contributed by atoms with van der Waals surface area (Å²) in [6.45, 7) is -0.0272. The number of benzene rings is 1. The highest BCUT2D eigenvalue weighted by Gasteiger charge is 2.60. The predicted octanol–water partition coefficient (Wildman–Crippen LogP) is 1.43. The highest BCUT2D eigenvalue weighted by molar-refractivity contribution is 7.94. The predicted molar refractivity (Wildman–Crippen MR) is 97.2 cm³/mol. The summed E-state index contributed by atoms with van der Waals surface area (Å²) in [6.07, 6.45) is 2.48. The Bertz CT molecular complexity index is 1120. The fourth-order valence-corrected chi connectivity index (χ4v) is 5.82. The number of aryl methyl sites for hydroxylation is 1. The van der Waals surface area contributed by atoms with Crippen molar-refractivity contribution in [3.8, 4) is 11.5 Å². The van der Waals surface area contributed by atoms with Gasteiger partial charge in [0, 0.05) is 12.4 Å². The zero-order chi connectivity index (χ0) is 19.6. The van der Waals surface area contributed by atoms with Crippen molar-refractivity contribution in [1.29, 1.82) is 0 Å². The zero-order valence-corrected chi connectivity index (χ0v) is 15.5. The highest BCUT2D eigenvalue weighted by Crippen LogP contribution is 2.50. The highest BCUT2D eigenvalue weighted by atomic mass is 32.2. The summed E-state index contributed by atoms with van der Waals surface area (Å²) >= 11 is 0. The van der Waals surface area contributed by atoms with Crippen LogP contribution >= 0.6 is 0 Å². The van der Waals surface area contributed by atoms with Crippen LogP contribution in [0, 0.1) is 0 Å². The minimum Gasteiger partial charge on any atom is -0.506 e. The lowest BCUT2D eigenvalue weighted by molar-refractivity contribution is 0.0691.